The molecule has 4 amide bonds. The maximum Gasteiger partial charge on any atom is 0.329 e. The highest BCUT2D eigenvalue weighted by Gasteiger charge is 2.75. The smallest absolute Gasteiger partial charge is 0.329 e. The number of phenolic OH excluding ortho intramolecular Hbond substituents is 1. The van der Waals surface area contributed by atoms with Crippen molar-refractivity contribution in [3.63, 3.8) is 0 Å². The molecule has 1 spiro atoms. The van der Waals surface area contributed by atoms with Gasteiger partial charge in [0.15, 0.2) is 0 Å². The maximum atomic E-state index is 16.7. The molecule has 366 valence electrons. The van der Waals surface area contributed by atoms with Gasteiger partial charge in [0.05, 0.1) is 42.4 Å². The summed E-state index contributed by atoms with van der Waals surface area (Å²) in [5.74, 6) is 2.77. The molecule has 10 rings (SSSR count). The first-order valence-corrected chi connectivity index (χ1v) is 24.5. The molecule has 3 aliphatic heterocycles. The van der Waals surface area contributed by atoms with Crippen molar-refractivity contribution < 1.29 is 34.1 Å². The van der Waals surface area contributed by atoms with E-state index < -0.39 is 71.5 Å². The van der Waals surface area contributed by atoms with E-state index in [-0.39, 0.29) is 18.0 Å². The van der Waals surface area contributed by atoms with Crippen molar-refractivity contribution >= 4 is 29.5 Å². The van der Waals surface area contributed by atoms with Crippen molar-refractivity contribution in [2.75, 3.05) is 25.0 Å². The highest BCUT2D eigenvalue weighted by molar-refractivity contribution is 6.24. The number of ether oxygens (including phenoxy) is 1. The van der Waals surface area contributed by atoms with E-state index in [1.54, 1.807) is 54.6 Å². The Labute approximate surface area is 424 Å². The number of nitrogens with one attached hydrogen (secondary N) is 2. The van der Waals surface area contributed by atoms with Crippen LogP contribution in [0.25, 0.3) is 0 Å². The zero-order valence-corrected chi connectivity index (χ0v) is 40.4. The molecule has 2 fully saturated rings. The van der Waals surface area contributed by atoms with Crippen LogP contribution in [0.5, 0.6) is 5.75 Å². The first kappa shape index (κ1) is 48.3. The van der Waals surface area contributed by atoms with Gasteiger partial charge in [-0.1, -0.05) is 176 Å². The Morgan fingerprint density at radius 3 is 1.96 bits per heavy atom. The highest BCUT2D eigenvalue weighted by Crippen LogP contribution is 2.66. The molecule has 2 saturated heterocycles. The molecule has 12 nitrogen and oxygen atoms in total. The standard InChI is InChI=1S/C61H55N5O7/c1-40(43-22-10-4-11-23-43)63-60(72)65-50-35-30-41(21-18-36-64(2)39-42-19-8-3-9-20-42)37-49(50)61(59(65)71)52(57(69)62-38-51(68)44-24-12-5-13-25-44)54-58(70)73-55(46-28-16-7-17-29-46)53(45-26-14-6-15-27-45)66(54)56(61)47-31-33-48(67)34-32-47/h3-17,19-20,22-35,37,40,51-56,67-68H,36,38-39H2,1-2H3,(H,62,69)(H,63,72)/t40-,51+,52-,53-,54-,55+,56+,61-/m1/s1. The van der Waals surface area contributed by atoms with E-state index in [0.29, 0.717) is 40.9 Å². The van der Waals surface area contributed by atoms with E-state index in [9.17, 15) is 10.2 Å². The lowest BCUT2D eigenvalue weighted by Gasteiger charge is -2.46. The van der Waals surface area contributed by atoms with Crippen LogP contribution in [0.1, 0.15) is 81.8 Å². The minimum atomic E-state index is -2.06. The third-order valence-corrected chi connectivity index (χ3v) is 14.3. The zero-order chi connectivity index (χ0) is 50.6. The summed E-state index contributed by atoms with van der Waals surface area (Å²) in [6, 6.07) is 54.1. The van der Waals surface area contributed by atoms with Gasteiger partial charge in [-0.25, -0.2) is 9.69 Å². The molecule has 73 heavy (non-hydrogen) atoms. The molecule has 7 aromatic carbocycles. The van der Waals surface area contributed by atoms with Gasteiger partial charge in [-0.15, -0.1) is 0 Å². The number of carbonyl (C=O) groups is 4. The van der Waals surface area contributed by atoms with Crippen molar-refractivity contribution in [2.24, 2.45) is 5.92 Å². The number of aromatic hydroxyl groups is 1. The predicted octanol–water partition coefficient (Wildman–Crippen LogP) is 8.86. The molecule has 0 saturated carbocycles. The number of morpholine rings is 1. The molecule has 0 bridgehead atoms. The molecule has 12 heteroatoms. The van der Waals surface area contributed by atoms with Gasteiger partial charge in [-0.3, -0.25) is 24.2 Å². The van der Waals surface area contributed by atoms with Crippen LogP contribution in [-0.4, -0.2) is 70.0 Å². The Balaban J connectivity index is 1.20. The number of carbonyl (C=O) groups excluding carboxylic acids is 4. The summed E-state index contributed by atoms with van der Waals surface area (Å²) >= 11 is 0. The van der Waals surface area contributed by atoms with Crippen LogP contribution >= 0.6 is 0 Å². The third-order valence-electron chi connectivity index (χ3n) is 14.3. The van der Waals surface area contributed by atoms with Crippen LogP contribution in [0.4, 0.5) is 10.5 Å². The van der Waals surface area contributed by atoms with Gasteiger partial charge >= 0.3 is 12.0 Å². The van der Waals surface area contributed by atoms with Gasteiger partial charge in [0, 0.05) is 18.7 Å². The number of fused-ring (bicyclic) bond motifs is 3. The Bertz CT molecular complexity index is 3170. The molecule has 0 unspecified atom stereocenters. The topological polar surface area (TPSA) is 152 Å². The van der Waals surface area contributed by atoms with Crippen molar-refractivity contribution in [3.05, 3.63) is 239 Å². The number of hydrogen-bond acceptors (Lipinski definition) is 9. The summed E-state index contributed by atoms with van der Waals surface area (Å²) in [5.41, 5.74) is 3.36. The zero-order valence-electron chi connectivity index (χ0n) is 40.4. The average molecular weight is 970 g/mol. The van der Waals surface area contributed by atoms with Crippen LogP contribution in [0.3, 0.4) is 0 Å². The van der Waals surface area contributed by atoms with Gasteiger partial charge < -0.3 is 25.6 Å². The number of benzene rings is 7. The molecular formula is C61H55N5O7. The number of amides is 4. The van der Waals surface area contributed by atoms with Gasteiger partial charge in [-0.2, -0.15) is 0 Å². The minimum Gasteiger partial charge on any atom is -0.508 e. The van der Waals surface area contributed by atoms with Crippen LogP contribution in [-0.2, 0) is 31.1 Å². The van der Waals surface area contributed by atoms with E-state index in [1.807, 2.05) is 134 Å². The molecule has 0 aliphatic carbocycles. The number of aliphatic hydroxyl groups is 1. The summed E-state index contributed by atoms with van der Waals surface area (Å²) in [6.07, 6.45) is -2.09. The van der Waals surface area contributed by atoms with E-state index >= 15 is 19.2 Å². The summed E-state index contributed by atoms with van der Waals surface area (Å²) in [4.78, 5) is 68.2. The second-order valence-electron chi connectivity index (χ2n) is 18.9. The molecular weight excluding hydrogens is 915 g/mol. The Morgan fingerprint density at radius 1 is 0.726 bits per heavy atom. The molecule has 3 heterocycles. The van der Waals surface area contributed by atoms with Gasteiger partial charge in [0.1, 0.15) is 23.3 Å². The lowest BCUT2D eigenvalue weighted by Crippen LogP contribution is -2.56. The van der Waals surface area contributed by atoms with Crippen molar-refractivity contribution in [3.8, 4) is 17.6 Å². The fraction of sp³-hybridized carbons (Fsp3) is 0.213. The van der Waals surface area contributed by atoms with Crippen LogP contribution < -0.4 is 15.5 Å². The maximum absolute atomic E-state index is 16.7. The van der Waals surface area contributed by atoms with Crippen molar-refractivity contribution in [1.29, 1.82) is 0 Å². The SMILES string of the molecule is C[C@@H](NC(=O)N1C(=O)[C@@]2(c3cc(C#CCN(C)Cc4ccccc4)ccc31)[C@H](c1ccc(O)cc1)N1[C@H](c3ccccc3)[C@H](c3ccccc3)OC(=O)[C@H]1[C@@H]2C(=O)NC[C@H](O)c1ccccc1)c1ccccc1. The summed E-state index contributed by atoms with van der Waals surface area (Å²) < 4.78 is 6.59. The lowest BCUT2D eigenvalue weighted by atomic mass is 9.65. The number of hydrogen-bond donors (Lipinski definition) is 4. The molecule has 8 atom stereocenters. The summed E-state index contributed by atoms with van der Waals surface area (Å²) in [6.45, 7) is 2.62. The van der Waals surface area contributed by atoms with E-state index in [2.05, 4.69) is 39.5 Å². The first-order chi connectivity index (χ1) is 35.5. The fourth-order valence-corrected chi connectivity index (χ4v) is 11.0. The third kappa shape index (κ3) is 9.26. The number of imide groups is 1. The van der Waals surface area contributed by atoms with E-state index in [0.717, 1.165) is 21.6 Å². The number of esters is 1. The Kier molecular flexibility index (Phi) is 13.8. The van der Waals surface area contributed by atoms with E-state index in [4.69, 9.17) is 4.74 Å². The monoisotopic (exact) mass is 969 g/mol. The Hall–Kier alpha value is -8.34. The number of nitrogens with zero attached hydrogens (tertiary/aromatic N) is 3. The number of aliphatic hydroxyl groups excluding tert-OH is 1. The number of anilines is 1. The number of cyclic esters (lactones) is 1. The summed E-state index contributed by atoms with van der Waals surface area (Å²) in [7, 11) is 1.98. The first-order valence-electron chi connectivity index (χ1n) is 24.5. The molecule has 4 N–H and O–H groups in total. The minimum absolute atomic E-state index is 0.0415. The van der Waals surface area contributed by atoms with E-state index in [1.165, 1.54) is 12.1 Å². The van der Waals surface area contributed by atoms with Crippen LogP contribution in [0.15, 0.2) is 194 Å². The average Bonchev–Trinajstić information content (AvgIpc) is 3.89. The largest absolute Gasteiger partial charge is 0.508 e. The fourth-order valence-electron chi connectivity index (χ4n) is 11.0. The molecule has 7 aromatic rings. The molecule has 0 radical (unpaired) electrons. The van der Waals surface area contributed by atoms with Gasteiger partial charge in [-0.05, 0) is 83.2 Å². The normalized spacial score (nSPS) is 21.9. The Morgan fingerprint density at radius 2 is 1.32 bits per heavy atom. The van der Waals surface area contributed by atoms with Gasteiger partial charge in [0.2, 0.25) is 11.8 Å². The predicted molar refractivity (Wildman–Crippen MR) is 277 cm³/mol. The second-order valence-corrected chi connectivity index (χ2v) is 18.9. The number of rotatable bonds is 12. The van der Waals surface area contributed by atoms with Crippen LogP contribution in [0.2, 0.25) is 0 Å². The lowest BCUT2D eigenvalue weighted by molar-refractivity contribution is -0.178. The summed E-state index contributed by atoms with van der Waals surface area (Å²) in [5, 5.41) is 28.4. The van der Waals surface area contributed by atoms with Gasteiger partial charge in [0.25, 0.3) is 0 Å². The van der Waals surface area contributed by atoms with Crippen LogP contribution in [0, 0.1) is 17.8 Å². The van der Waals surface area contributed by atoms with Crippen molar-refractivity contribution in [1.82, 2.24) is 20.4 Å². The number of urea groups is 1. The van der Waals surface area contributed by atoms with Crippen molar-refractivity contribution in [2.45, 2.75) is 55.3 Å². The second kappa shape index (κ2) is 20.8. The highest BCUT2D eigenvalue weighted by atomic mass is 16.6. The number of phenols is 1. The molecule has 0 aromatic heterocycles. The quantitative estimate of drug-likeness (QED) is 0.0696. The molecule has 3 aliphatic rings.